The quantitative estimate of drug-likeness (QED) is 0.821. The normalized spacial score (nSPS) is 24.6. The zero-order valence-corrected chi connectivity index (χ0v) is 10.7. The number of pyridine rings is 1. The first-order valence-electron chi connectivity index (χ1n) is 5.61. The Morgan fingerprint density at radius 3 is 3.00 bits per heavy atom. The summed E-state index contributed by atoms with van der Waals surface area (Å²) in [5.41, 5.74) is 7.26. The lowest BCUT2D eigenvalue weighted by Gasteiger charge is -2.32. The van der Waals surface area contributed by atoms with Crippen LogP contribution in [0.3, 0.4) is 0 Å². The van der Waals surface area contributed by atoms with Crippen LogP contribution < -0.4 is 5.73 Å². The molecule has 2 heterocycles. The van der Waals surface area contributed by atoms with Crippen molar-refractivity contribution in [1.82, 2.24) is 9.88 Å². The van der Waals surface area contributed by atoms with Crippen molar-refractivity contribution in [2.45, 2.75) is 19.5 Å². The molecule has 5 nitrogen and oxygen atoms in total. The molecular formula is C11H17N3O2S. The van der Waals surface area contributed by atoms with Crippen molar-refractivity contribution in [2.24, 2.45) is 0 Å². The Hall–Kier alpha value is -1.14. The molecule has 0 spiro atoms. The van der Waals surface area contributed by atoms with Gasteiger partial charge in [-0.3, -0.25) is 9.88 Å². The monoisotopic (exact) mass is 255 g/mol. The molecule has 1 aliphatic rings. The third kappa shape index (κ3) is 3.17. The first-order valence-corrected chi connectivity index (χ1v) is 7.43. The second-order valence-electron chi connectivity index (χ2n) is 4.51. The van der Waals surface area contributed by atoms with E-state index in [1.54, 1.807) is 12.3 Å². The van der Waals surface area contributed by atoms with Crippen molar-refractivity contribution in [2.75, 3.05) is 23.8 Å². The van der Waals surface area contributed by atoms with Crippen LogP contribution in [0, 0.1) is 0 Å². The molecule has 2 N–H and O–H groups in total. The summed E-state index contributed by atoms with van der Waals surface area (Å²) in [6, 6.07) is 3.61. The molecule has 0 aromatic carbocycles. The fraction of sp³-hybridized carbons (Fsp3) is 0.545. The van der Waals surface area contributed by atoms with Crippen LogP contribution in [0.2, 0.25) is 0 Å². The molecule has 1 atom stereocenters. The number of nitrogen functional groups attached to an aromatic ring is 1. The summed E-state index contributed by atoms with van der Waals surface area (Å²) in [5, 5.41) is 0. The van der Waals surface area contributed by atoms with Gasteiger partial charge in [0.15, 0.2) is 9.84 Å². The van der Waals surface area contributed by atoms with Gasteiger partial charge in [0, 0.05) is 31.0 Å². The fourth-order valence-electron chi connectivity index (χ4n) is 2.06. The Morgan fingerprint density at radius 2 is 2.35 bits per heavy atom. The molecule has 1 saturated heterocycles. The van der Waals surface area contributed by atoms with Gasteiger partial charge in [0.25, 0.3) is 0 Å². The van der Waals surface area contributed by atoms with Gasteiger partial charge < -0.3 is 5.73 Å². The average Bonchev–Trinajstić information content (AvgIpc) is 2.22. The van der Waals surface area contributed by atoms with Gasteiger partial charge in [-0.25, -0.2) is 8.42 Å². The molecule has 1 aromatic rings. The van der Waals surface area contributed by atoms with E-state index < -0.39 is 9.84 Å². The molecular weight excluding hydrogens is 238 g/mol. The van der Waals surface area contributed by atoms with Crippen molar-refractivity contribution >= 4 is 15.5 Å². The summed E-state index contributed by atoms with van der Waals surface area (Å²) in [6.45, 7) is 3.16. The Kier molecular flexibility index (Phi) is 3.35. The number of hydrogen-bond donors (Lipinski definition) is 1. The van der Waals surface area contributed by atoms with Gasteiger partial charge in [0.05, 0.1) is 17.2 Å². The van der Waals surface area contributed by atoms with Gasteiger partial charge in [-0.15, -0.1) is 0 Å². The maximum atomic E-state index is 11.5. The highest BCUT2D eigenvalue weighted by atomic mass is 32.2. The van der Waals surface area contributed by atoms with Crippen molar-refractivity contribution in [3.63, 3.8) is 0 Å². The topological polar surface area (TPSA) is 76.3 Å². The molecule has 0 bridgehead atoms. The lowest BCUT2D eigenvalue weighted by atomic mass is 10.2. The SMILES string of the molecule is CC1CS(=O)(=O)CCN1Cc1cc(N)ccn1. The molecule has 2 rings (SSSR count). The molecule has 17 heavy (non-hydrogen) atoms. The smallest absolute Gasteiger partial charge is 0.153 e. The average molecular weight is 255 g/mol. The Labute approximate surface area is 102 Å². The van der Waals surface area contributed by atoms with Crippen molar-refractivity contribution < 1.29 is 8.42 Å². The molecule has 94 valence electrons. The number of anilines is 1. The number of nitrogens with zero attached hydrogens (tertiary/aromatic N) is 2. The van der Waals surface area contributed by atoms with Gasteiger partial charge in [-0.05, 0) is 19.1 Å². The van der Waals surface area contributed by atoms with Crippen LogP contribution in [0.25, 0.3) is 0 Å². The zero-order valence-electron chi connectivity index (χ0n) is 9.83. The summed E-state index contributed by atoms with van der Waals surface area (Å²) >= 11 is 0. The second kappa shape index (κ2) is 4.62. The lowest BCUT2D eigenvalue weighted by molar-refractivity contribution is 0.215. The summed E-state index contributed by atoms with van der Waals surface area (Å²) in [5.74, 6) is 0.467. The van der Waals surface area contributed by atoms with E-state index in [4.69, 9.17) is 5.73 Å². The van der Waals surface area contributed by atoms with Crippen molar-refractivity contribution in [3.05, 3.63) is 24.0 Å². The second-order valence-corrected chi connectivity index (χ2v) is 6.74. The number of hydrogen-bond acceptors (Lipinski definition) is 5. The van der Waals surface area contributed by atoms with Crippen LogP contribution in [-0.4, -0.2) is 42.4 Å². The molecule has 1 aromatic heterocycles. The molecule has 1 fully saturated rings. The van der Waals surface area contributed by atoms with E-state index in [-0.39, 0.29) is 17.5 Å². The Balaban J connectivity index is 2.05. The van der Waals surface area contributed by atoms with E-state index in [9.17, 15) is 8.42 Å². The van der Waals surface area contributed by atoms with Gasteiger partial charge in [-0.2, -0.15) is 0 Å². The first kappa shape index (κ1) is 12.3. The Morgan fingerprint density at radius 1 is 1.59 bits per heavy atom. The zero-order chi connectivity index (χ0) is 12.5. The number of nitrogens with two attached hydrogens (primary N) is 1. The minimum absolute atomic E-state index is 0.0389. The minimum Gasteiger partial charge on any atom is -0.399 e. The van der Waals surface area contributed by atoms with Crippen LogP contribution in [-0.2, 0) is 16.4 Å². The summed E-state index contributed by atoms with van der Waals surface area (Å²) in [7, 11) is -2.85. The summed E-state index contributed by atoms with van der Waals surface area (Å²) in [6.07, 6.45) is 1.68. The number of aromatic nitrogens is 1. The molecule has 1 aliphatic heterocycles. The molecule has 0 aliphatic carbocycles. The van der Waals surface area contributed by atoms with E-state index >= 15 is 0 Å². The largest absolute Gasteiger partial charge is 0.399 e. The first-order chi connectivity index (χ1) is 7.96. The third-order valence-corrected chi connectivity index (χ3v) is 4.81. The lowest BCUT2D eigenvalue weighted by Crippen LogP contribution is -2.46. The van der Waals surface area contributed by atoms with Crippen LogP contribution >= 0.6 is 0 Å². The Bertz CT molecular complexity index is 501. The van der Waals surface area contributed by atoms with Crippen molar-refractivity contribution in [3.8, 4) is 0 Å². The fourth-order valence-corrected chi connectivity index (χ4v) is 3.68. The molecule has 1 unspecified atom stereocenters. The highest BCUT2D eigenvalue weighted by Crippen LogP contribution is 2.15. The number of rotatable bonds is 2. The molecule has 0 amide bonds. The highest BCUT2D eigenvalue weighted by Gasteiger charge is 2.28. The van der Waals surface area contributed by atoms with Crippen LogP contribution in [0.5, 0.6) is 0 Å². The van der Waals surface area contributed by atoms with E-state index in [0.717, 1.165) is 5.69 Å². The molecule has 6 heteroatoms. The molecule has 0 saturated carbocycles. The predicted molar refractivity (Wildman–Crippen MR) is 67.2 cm³/mol. The van der Waals surface area contributed by atoms with Gasteiger partial charge in [0.2, 0.25) is 0 Å². The van der Waals surface area contributed by atoms with Crippen LogP contribution in [0.1, 0.15) is 12.6 Å². The molecule has 0 radical (unpaired) electrons. The highest BCUT2D eigenvalue weighted by molar-refractivity contribution is 7.91. The summed E-state index contributed by atoms with van der Waals surface area (Å²) < 4.78 is 22.9. The predicted octanol–water partition coefficient (Wildman–Crippen LogP) is 0.283. The minimum atomic E-state index is -2.85. The van der Waals surface area contributed by atoms with E-state index in [0.29, 0.717) is 18.8 Å². The third-order valence-electron chi connectivity index (χ3n) is 3.01. The van der Waals surface area contributed by atoms with E-state index in [2.05, 4.69) is 9.88 Å². The van der Waals surface area contributed by atoms with Crippen LogP contribution in [0.4, 0.5) is 5.69 Å². The maximum Gasteiger partial charge on any atom is 0.153 e. The van der Waals surface area contributed by atoms with E-state index in [1.165, 1.54) is 0 Å². The van der Waals surface area contributed by atoms with E-state index in [1.807, 2.05) is 13.0 Å². The van der Waals surface area contributed by atoms with Gasteiger partial charge >= 0.3 is 0 Å². The van der Waals surface area contributed by atoms with Gasteiger partial charge in [-0.1, -0.05) is 0 Å². The van der Waals surface area contributed by atoms with Gasteiger partial charge in [0.1, 0.15) is 0 Å². The van der Waals surface area contributed by atoms with Crippen molar-refractivity contribution in [1.29, 1.82) is 0 Å². The van der Waals surface area contributed by atoms with Crippen LogP contribution in [0.15, 0.2) is 18.3 Å². The maximum absolute atomic E-state index is 11.5. The summed E-state index contributed by atoms with van der Waals surface area (Å²) in [4.78, 5) is 6.36. The standard InChI is InChI=1S/C11H17N3O2S/c1-9-8-17(15,16)5-4-14(9)7-11-6-10(12)2-3-13-11/h2-3,6,9H,4-5,7-8H2,1H3,(H2,12,13). The number of sulfone groups is 1.